The summed E-state index contributed by atoms with van der Waals surface area (Å²) in [6.45, 7) is 20.8. The molecule has 0 radical (unpaired) electrons. The zero-order chi connectivity index (χ0) is 87.3. The molecule has 5 aliphatic heterocycles. The van der Waals surface area contributed by atoms with Crippen molar-refractivity contribution in [3.8, 4) is 0 Å². The van der Waals surface area contributed by atoms with Gasteiger partial charge in [-0.3, -0.25) is 93.2 Å². The first-order valence-corrected chi connectivity index (χ1v) is 37.7. The summed E-state index contributed by atoms with van der Waals surface area (Å²) in [6, 6.07) is -2.30. The second-order valence-electron chi connectivity index (χ2n) is 28.2. The summed E-state index contributed by atoms with van der Waals surface area (Å²) in [5.74, 6) is -19.4. The third-order valence-corrected chi connectivity index (χ3v) is 19.3. The number of rotatable bonds is 35. The third kappa shape index (κ3) is 22.3. The predicted octanol–water partition coefficient (Wildman–Crippen LogP) is -3.51. The highest BCUT2D eigenvalue weighted by atomic mass is 16.7. The molecule has 3 aromatic heterocycles. The summed E-state index contributed by atoms with van der Waals surface area (Å²) in [4.78, 5) is 258. The molecule has 0 aliphatic carbocycles. The second kappa shape index (κ2) is 39.1. The molecule has 0 saturated carbocycles. The summed E-state index contributed by atoms with van der Waals surface area (Å²) >= 11 is 0. The average molecular weight is 1650 g/mol. The molecule has 3 aromatic rings. The fourth-order valence-corrected chi connectivity index (χ4v) is 12.8. The van der Waals surface area contributed by atoms with Crippen molar-refractivity contribution >= 4 is 146 Å². The van der Waals surface area contributed by atoms with Gasteiger partial charge in [0, 0.05) is 51.6 Å². The molecule has 636 valence electrons. The van der Waals surface area contributed by atoms with Crippen LogP contribution in [0.1, 0.15) is 164 Å². The van der Waals surface area contributed by atoms with Crippen molar-refractivity contribution in [2.24, 2.45) is 17.2 Å². The first-order valence-electron chi connectivity index (χ1n) is 37.7. The molecule has 8 rings (SSSR count). The number of aryl methyl sites for hydroxylation is 1. The number of amides is 15. The lowest BCUT2D eigenvalue weighted by Gasteiger charge is -2.24. The van der Waals surface area contributed by atoms with Crippen LogP contribution in [0.15, 0.2) is 30.8 Å². The minimum absolute atomic E-state index is 0.0317. The Balaban J connectivity index is 1.16. The number of allylic oxidation sites excluding steroid dienone is 2. The van der Waals surface area contributed by atoms with Crippen molar-refractivity contribution in [3.05, 3.63) is 75.9 Å². The zero-order valence-electron chi connectivity index (χ0n) is 67.0. The fraction of sp³-hybridized carbons (Fsp3) is 0.493. The molecule has 0 spiro atoms. The maximum absolute atomic E-state index is 15.4. The lowest BCUT2D eigenvalue weighted by Crippen LogP contribution is -2.57. The normalized spacial score (nSPS) is 19.5. The van der Waals surface area contributed by atoms with E-state index in [-0.39, 0.29) is 54.1 Å². The summed E-state index contributed by atoms with van der Waals surface area (Å²) in [6.07, 6.45) is -7.54. The van der Waals surface area contributed by atoms with E-state index in [2.05, 4.69) is 64.7 Å². The summed E-state index contributed by atoms with van der Waals surface area (Å²) in [5.41, 5.74) is 28.0. The Morgan fingerprint density at radius 1 is 0.517 bits per heavy atom. The first kappa shape index (κ1) is 90.5. The number of nitrogens with one attached hydrogen (secondary N) is 11. The highest BCUT2D eigenvalue weighted by Gasteiger charge is 2.56. The number of H-pyrrole nitrogens is 2. The van der Waals surface area contributed by atoms with Crippen LogP contribution in [0.3, 0.4) is 0 Å². The first-order chi connectivity index (χ1) is 55.6. The number of esters is 3. The molecule has 8 bridgehead atoms. The van der Waals surface area contributed by atoms with Gasteiger partial charge in [0.15, 0.2) is 36.6 Å². The van der Waals surface area contributed by atoms with E-state index in [0.29, 0.717) is 55.1 Å². The van der Waals surface area contributed by atoms with Crippen molar-refractivity contribution in [1.82, 2.24) is 83.1 Å². The minimum Gasteiger partial charge on any atom is -0.464 e. The van der Waals surface area contributed by atoms with E-state index in [9.17, 15) is 76.7 Å². The Hall–Kier alpha value is -13.1. The number of aromatic nitrogens is 4. The van der Waals surface area contributed by atoms with Crippen LogP contribution in [0.25, 0.3) is 39.3 Å². The second-order valence-corrected chi connectivity index (χ2v) is 28.2. The number of aromatic amines is 2. The Kier molecular flexibility index (Phi) is 29.9. The van der Waals surface area contributed by atoms with Gasteiger partial charge < -0.3 is 87.5 Å². The van der Waals surface area contributed by atoms with E-state index in [0.717, 1.165) is 16.7 Å². The molecule has 3 fully saturated rings. The maximum Gasteiger partial charge on any atom is 0.338 e. The van der Waals surface area contributed by atoms with Crippen LogP contribution in [0.2, 0.25) is 0 Å². The number of fused-ring (bicyclic) bond motifs is 8. The van der Waals surface area contributed by atoms with Crippen LogP contribution < -0.4 is 65.4 Å². The number of hydrogen-bond donors (Lipinski definition) is 14. The molecule has 8 heterocycles. The van der Waals surface area contributed by atoms with Gasteiger partial charge in [0.25, 0.3) is 41.4 Å². The molecule has 15 amide bonds. The standard InChI is InChI=1S/C75H97N19O24/c1-15-40-30(6)46-26-49-41(16-2)31(7)45(87-49)25-47-32(8)42(20-21-53(98)79-33(9)63(100)81-36(12)66(103)89-92(27-50(76)95)70(107)57-60(116-57)73(110)113-17-3)55(88-47)43(24-54(99)80-34(10)64(101)82-37(13)67(104)90-93(28-51(77)96)71(108)58-61(117-58)74(111)114-18-4)56-44(22-39(85-56)23-48(40)86-46)69(106)84-35(11)65(102)83-38(14)68(105)91-94(29-52(78)97)72(109)59-62(118-59)75(112)115-19-5/h16,22-23,25-26,32-38,42,57-62,85,87H,2,15,17-21,24,27-29H2,1,3-14H3,(H2,76,95)(H2,77,96)(H2,78,97)(H,79,98)(H,80,99)(H,81,100)(H,82,101)(H,83,102)(H,84,106)(H,89,103)(H,90,104)(H,91,105)/t32-,33?,34?,35?,36?,37?,38?,42-,57-,58-,59-,60-,61-,62-/m0/s1. The quantitative estimate of drug-likeness (QED) is 0.0118. The molecule has 17 N–H and O–H groups in total. The number of hydrogen-bond acceptors (Lipinski definition) is 26. The minimum atomic E-state index is -1.54. The van der Waals surface area contributed by atoms with Gasteiger partial charge in [0.05, 0.1) is 54.4 Å². The molecular weight excluding hydrogens is 1550 g/mol. The number of epoxide rings is 3. The van der Waals surface area contributed by atoms with E-state index < -0.39 is 224 Å². The lowest BCUT2D eigenvalue weighted by molar-refractivity contribution is -0.146. The van der Waals surface area contributed by atoms with Gasteiger partial charge in [-0.05, 0) is 130 Å². The van der Waals surface area contributed by atoms with Crippen LogP contribution in [-0.4, -0.2) is 254 Å². The fourth-order valence-electron chi connectivity index (χ4n) is 12.8. The Bertz CT molecular complexity index is 4800. The van der Waals surface area contributed by atoms with Gasteiger partial charge >= 0.3 is 17.9 Å². The molecule has 14 atom stereocenters. The molecule has 5 aliphatic rings. The Morgan fingerprint density at radius 3 is 1.34 bits per heavy atom. The van der Waals surface area contributed by atoms with E-state index in [1.54, 1.807) is 25.1 Å². The monoisotopic (exact) mass is 1650 g/mol. The topological polar surface area (TPSA) is 626 Å². The number of nitrogens with zero attached hydrogens (tertiary/aromatic N) is 5. The molecule has 43 heteroatoms. The Labute approximate surface area is 674 Å². The van der Waals surface area contributed by atoms with Crippen LogP contribution in [0.4, 0.5) is 0 Å². The van der Waals surface area contributed by atoms with Crippen LogP contribution in [0, 0.1) is 6.92 Å². The van der Waals surface area contributed by atoms with Gasteiger partial charge in [-0.2, -0.15) is 0 Å². The number of hydrazine groups is 3. The molecular formula is C75H97N19O24. The SMILES string of the molecule is C=Cc1c(C)c2cc3nc(c(CC(=O)NC(C)C(=O)NC(C)C(=O)NN(CC(N)=O)C(=O)[C@H]4O[C@@H]4C(=O)OCC)c4[nH]c(cc5nc(cc1[nH]2)C(C)=C5CC)cc4C(=O)NC(C)C(=O)NC(C)C(=O)NN(CC(N)=O)C(=O)[C@H]1O[C@@H]1C(=O)OCC)[C@@H](CCC(=O)NC(C)C(=O)NC(C)C(=O)NN(CC(N)=O)C(=O)[C@H]1O[C@@H]1C(=O)OCC)[C@@H]3C. The summed E-state index contributed by atoms with van der Waals surface area (Å²) in [5, 5.41) is 16.7. The average Bonchev–Trinajstić information content (AvgIpc) is 1.56. The van der Waals surface area contributed by atoms with Crippen LogP contribution in [0.5, 0.6) is 0 Å². The molecule has 3 saturated heterocycles. The molecule has 118 heavy (non-hydrogen) atoms. The summed E-state index contributed by atoms with van der Waals surface area (Å²) < 4.78 is 30.1. The van der Waals surface area contributed by atoms with Gasteiger partial charge in [0.2, 0.25) is 47.3 Å². The van der Waals surface area contributed by atoms with Crippen molar-refractivity contribution in [2.75, 3.05) is 39.5 Å². The number of carbonyl (C=O) groups excluding carboxylic acids is 18. The summed E-state index contributed by atoms with van der Waals surface area (Å²) in [7, 11) is 0. The van der Waals surface area contributed by atoms with Gasteiger partial charge in [-0.25, -0.2) is 34.4 Å². The highest BCUT2D eigenvalue weighted by molar-refractivity contribution is 6.07. The number of ether oxygens (including phenoxy) is 6. The maximum atomic E-state index is 15.4. The van der Waals surface area contributed by atoms with E-state index >= 15 is 9.59 Å². The number of nitrogens with two attached hydrogens (primary N) is 3. The molecule has 6 unspecified atom stereocenters. The number of primary amides is 3. The van der Waals surface area contributed by atoms with Crippen LogP contribution >= 0.6 is 0 Å². The van der Waals surface area contributed by atoms with Gasteiger partial charge in [-0.1, -0.05) is 26.5 Å². The van der Waals surface area contributed by atoms with Crippen molar-refractivity contribution in [2.45, 2.75) is 200 Å². The van der Waals surface area contributed by atoms with Crippen LogP contribution in [-0.2, 0) is 116 Å². The largest absolute Gasteiger partial charge is 0.464 e. The van der Waals surface area contributed by atoms with Gasteiger partial charge in [0.1, 0.15) is 55.9 Å². The predicted molar refractivity (Wildman–Crippen MR) is 411 cm³/mol. The van der Waals surface area contributed by atoms with Crippen molar-refractivity contribution in [3.63, 3.8) is 0 Å². The Morgan fingerprint density at radius 2 is 0.932 bits per heavy atom. The highest BCUT2D eigenvalue weighted by Crippen LogP contribution is 2.43. The van der Waals surface area contributed by atoms with E-state index in [1.165, 1.54) is 68.4 Å². The smallest absolute Gasteiger partial charge is 0.338 e. The van der Waals surface area contributed by atoms with E-state index in [1.807, 2.05) is 26.8 Å². The van der Waals surface area contributed by atoms with Crippen molar-refractivity contribution < 1.29 is 115 Å². The van der Waals surface area contributed by atoms with E-state index in [4.69, 9.17) is 55.6 Å². The molecule has 0 aromatic carbocycles. The van der Waals surface area contributed by atoms with Gasteiger partial charge in [-0.15, -0.1) is 0 Å². The molecule has 43 nitrogen and oxygen atoms in total. The number of carbonyl (C=O) groups is 18. The zero-order valence-corrected chi connectivity index (χ0v) is 67.0. The lowest BCUT2D eigenvalue weighted by atomic mass is 9.84. The third-order valence-electron chi connectivity index (χ3n) is 19.3. The van der Waals surface area contributed by atoms with Crippen molar-refractivity contribution in [1.29, 1.82) is 0 Å².